The number of para-hydroxylation sites is 1. The molecular weight excluding hydrogens is 240 g/mol. The first-order chi connectivity index (χ1) is 9.15. The van der Waals surface area contributed by atoms with Gasteiger partial charge in [0.05, 0.1) is 23.7 Å². The van der Waals surface area contributed by atoms with Crippen molar-refractivity contribution in [1.82, 2.24) is 10.3 Å². The van der Waals surface area contributed by atoms with Crippen LogP contribution in [-0.2, 0) is 0 Å². The van der Waals surface area contributed by atoms with E-state index in [1.54, 1.807) is 6.07 Å². The van der Waals surface area contributed by atoms with Gasteiger partial charge in [-0.2, -0.15) is 0 Å². The minimum Gasteiger partial charge on any atom is -0.394 e. The first kappa shape index (κ1) is 13.5. The van der Waals surface area contributed by atoms with Crippen LogP contribution in [0, 0.1) is 6.92 Å². The van der Waals surface area contributed by atoms with Crippen LogP contribution in [0.2, 0.25) is 0 Å². The van der Waals surface area contributed by atoms with Gasteiger partial charge in [0.15, 0.2) is 0 Å². The van der Waals surface area contributed by atoms with Gasteiger partial charge in [0.1, 0.15) is 0 Å². The van der Waals surface area contributed by atoms with E-state index in [9.17, 15) is 4.79 Å². The molecule has 0 saturated heterocycles. The maximum Gasteiger partial charge on any atom is 0.252 e. The van der Waals surface area contributed by atoms with E-state index in [1.165, 1.54) is 0 Å². The lowest BCUT2D eigenvalue weighted by Gasteiger charge is -2.15. The van der Waals surface area contributed by atoms with Crippen molar-refractivity contribution in [1.29, 1.82) is 0 Å². The highest BCUT2D eigenvalue weighted by Crippen LogP contribution is 2.18. The number of aliphatic hydroxyl groups is 1. The van der Waals surface area contributed by atoms with E-state index in [4.69, 9.17) is 5.11 Å². The number of rotatable bonds is 4. The number of nitrogens with zero attached hydrogens (tertiary/aromatic N) is 1. The Bertz CT molecular complexity index is 592. The summed E-state index contributed by atoms with van der Waals surface area (Å²) in [5.41, 5.74) is 2.22. The van der Waals surface area contributed by atoms with Crippen LogP contribution in [0.5, 0.6) is 0 Å². The van der Waals surface area contributed by atoms with Crippen LogP contribution < -0.4 is 5.32 Å². The molecule has 0 saturated carbocycles. The van der Waals surface area contributed by atoms with Gasteiger partial charge in [-0.25, -0.2) is 0 Å². The highest BCUT2D eigenvalue weighted by molar-refractivity contribution is 6.06. The van der Waals surface area contributed by atoms with Crippen LogP contribution in [0.15, 0.2) is 30.3 Å². The summed E-state index contributed by atoms with van der Waals surface area (Å²) in [5, 5.41) is 12.8. The van der Waals surface area contributed by atoms with E-state index >= 15 is 0 Å². The van der Waals surface area contributed by atoms with Crippen molar-refractivity contribution in [2.24, 2.45) is 0 Å². The normalized spacial score (nSPS) is 12.4. The van der Waals surface area contributed by atoms with Gasteiger partial charge in [-0.1, -0.05) is 25.1 Å². The summed E-state index contributed by atoms with van der Waals surface area (Å²) < 4.78 is 0. The molecule has 1 aromatic carbocycles. The number of hydrogen-bond donors (Lipinski definition) is 2. The second-order valence-corrected chi connectivity index (χ2v) is 4.59. The Balaban J connectivity index is 2.41. The molecule has 0 aliphatic heterocycles. The summed E-state index contributed by atoms with van der Waals surface area (Å²) in [7, 11) is 0. The fourth-order valence-corrected chi connectivity index (χ4v) is 2.04. The Hall–Kier alpha value is -1.94. The molecule has 1 heterocycles. The molecule has 0 bridgehead atoms. The second kappa shape index (κ2) is 5.80. The Kier molecular flexibility index (Phi) is 4.12. The van der Waals surface area contributed by atoms with Crippen molar-refractivity contribution in [2.45, 2.75) is 26.3 Å². The molecular formula is C15H18N2O2. The number of pyridine rings is 1. The first-order valence-electron chi connectivity index (χ1n) is 6.43. The predicted molar refractivity (Wildman–Crippen MR) is 75.1 cm³/mol. The molecule has 0 spiro atoms. The van der Waals surface area contributed by atoms with E-state index < -0.39 is 0 Å². The summed E-state index contributed by atoms with van der Waals surface area (Å²) >= 11 is 0. The summed E-state index contributed by atoms with van der Waals surface area (Å²) in [6, 6.07) is 9.14. The van der Waals surface area contributed by atoms with Gasteiger partial charge in [-0.3, -0.25) is 9.78 Å². The van der Waals surface area contributed by atoms with E-state index in [0.717, 1.165) is 16.6 Å². The van der Waals surface area contributed by atoms with Gasteiger partial charge >= 0.3 is 0 Å². The zero-order chi connectivity index (χ0) is 13.8. The number of aromatic nitrogens is 1. The molecule has 0 aliphatic rings. The Morgan fingerprint density at radius 3 is 2.84 bits per heavy atom. The van der Waals surface area contributed by atoms with Crippen molar-refractivity contribution >= 4 is 16.8 Å². The largest absolute Gasteiger partial charge is 0.394 e. The second-order valence-electron chi connectivity index (χ2n) is 4.59. The smallest absolute Gasteiger partial charge is 0.252 e. The SMILES string of the molecule is CCC(CO)NC(=O)c1cc(C)nc2ccccc12. The first-order valence-corrected chi connectivity index (χ1v) is 6.43. The summed E-state index contributed by atoms with van der Waals surface area (Å²) in [4.78, 5) is 16.7. The molecule has 1 unspecified atom stereocenters. The molecule has 1 aromatic heterocycles. The number of carbonyl (C=O) groups is 1. The third kappa shape index (κ3) is 2.90. The zero-order valence-electron chi connectivity index (χ0n) is 11.2. The van der Waals surface area contributed by atoms with Crippen LogP contribution in [0.1, 0.15) is 29.4 Å². The van der Waals surface area contributed by atoms with Crippen molar-refractivity contribution < 1.29 is 9.90 Å². The number of aliphatic hydroxyl groups excluding tert-OH is 1. The van der Waals surface area contributed by atoms with Crippen molar-refractivity contribution in [3.8, 4) is 0 Å². The lowest BCUT2D eigenvalue weighted by atomic mass is 10.1. The highest BCUT2D eigenvalue weighted by Gasteiger charge is 2.14. The molecule has 100 valence electrons. The maximum absolute atomic E-state index is 12.3. The van der Waals surface area contributed by atoms with Gasteiger partial charge < -0.3 is 10.4 Å². The minimum absolute atomic E-state index is 0.0514. The zero-order valence-corrected chi connectivity index (χ0v) is 11.2. The minimum atomic E-state index is -0.209. The Labute approximate surface area is 112 Å². The van der Waals surface area contributed by atoms with E-state index in [1.807, 2.05) is 38.1 Å². The molecule has 1 atom stereocenters. The topological polar surface area (TPSA) is 62.2 Å². The van der Waals surface area contributed by atoms with Crippen molar-refractivity contribution in [2.75, 3.05) is 6.61 Å². The number of hydrogen-bond acceptors (Lipinski definition) is 3. The molecule has 4 nitrogen and oxygen atoms in total. The quantitative estimate of drug-likeness (QED) is 0.882. The fraction of sp³-hybridized carbons (Fsp3) is 0.333. The highest BCUT2D eigenvalue weighted by atomic mass is 16.3. The Morgan fingerprint density at radius 1 is 1.42 bits per heavy atom. The van der Waals surface area contributed by atoms with Gasteiger partial charge in [0, 0.05) is 11.1 Å². The van der Waals surface area contributed by atoms with Crippen LogP contribution in [0.3, 0.4) is 0 Å². The molecule has 2 aromatic rings. The van der Waals surface area contributed by atoms with Crippen LogP contribution in [0.25, 0.3) is 10.9 Å². The van der Waals surface area contributed by atoms with Gasteiger partial charge in [-0.05, 0) is 25.5 Å². The van der Waals surface area contributed by atoms with E-state index in [-0.39, 0.29) is 18.6 Å². The van der Waals surface area contributed by atoms with Crippen LogP contribution in [0.4, 0.5) is 0 Å². The predicted octanol–water partition coefficient (Wildman–Crippen LogP) is 2.04. The number of nitrogens with one attached hydrogen (secondary N) is 1. The standard InChI is InChI=1S/C15H18N2O2/c1-3-11(9-18)17-15(19)13-8-10(2)16-14-7-5-4-6-12(13)14/h4-8,11,18H,3,9H2,1-2H3,(H,17,19). The maximum atomic E-state index is 12.3. The van der Waals surface area contributed by atoms with Gasteiger partial charge in [0.25, 0.3) is 5.91 Å². The number of aryl methyl sites for hydroxylation is 1. The third-order valence-corrected chi connectivity index (χ3v) is 3.14. The average molecular weight is 258 g/mol. The molecule has 19 heavy (non-hydrogen) atoms. The van der Waals surface area contributed by atoms with Crippen molar-refractivity contribution in [3.05, 3.63) is 41.6 Å². The van der Waals surface area contributed by atoms with E-state index in [2.05, 4.69) is 10.3 Å². The van der Waals surface area contributed by atoms with Crippen molar-refractivity contribution in [3.63, 3.8) is 0 Å². The average Bonchev–Trinajstić information content (AvgIpc) is 2.43. The van der Waals surface area contributed by atoms with Gasteiger partial charge in [0.2, 0.25) is 0 Å². The van der Waals surface area contributed by atoms with E-state index in [0.29, 0.717) is 12.0 Å². The molecule has 0 aliphatic carbocycles. The molecule has 2 N–H and O–H groups in total. The lowest BCUT2D eigenvalue weighted by molar-refractivity contribution is 0.0916. The summed E-state index contributed by atoms with van der Waals surface area (Å²) in [5.74, 6) is -0.164. The van der Waals surface area contributed by atoms with Crippen LogP contribution in [-0.4, -0.2) is 28.6 Å². The molecule has 4 heteroatoms. The fourth-order valence-electron chi connectivity index (χ4n) is 2.04. The molecule has 2 rings (SSSR count). The number of amides is 1. The summed E-state index contributed by atoms with van der Waals surface area (Å²) in [6.45, 7) is 3.74. The number of benzene rings is 1. The molecule has 0 fully saturated rings. The monoisotopic (exact) mass is 258 g/mol. The Morgan fingerprint density at radius 2 is 2.16 bits per heavy atom. The third-order valence-electron chi connectivity index (χ3n) is 3.14. The lowest BCUT2D eigenvalue weighted by Crippen LogP contribution is -2.37. The molecule has 1 amide bonds. The number of carbonyl (C=O) groups excluding carboxylic acids is 1. The summed E-state index contributed by atoms with van der Waals surface area (Å²) in [6.07, 6.45) is 0.699. The number of fused-ring (bicyclic) bond motifs is 1. The van der Waals surface area contributed by atoms with Gasteiger partial charge in [-0.15, -0.1) is 0 Å². The molecule has 0 radical (unpaired) electrons. The van der Waals surface area contributed by atoms with Crippen LogP contribution >= 0.6 is 0 Å².